The van der Waals surface area contributed by atoms with Gasteiger partial charge in [-0.25, -0.2) is 4.98 Å². The normalized spacial score (nSPS) is 19.1. The maximum absolute atomic E-state index is 12.5. The van der Waals surface area contributed by atoms with Gasteiger partial charge in [-0.05, 0) is 32.7 Å². The van der Waals surface area contributed by atoms with Gasteiger partial charge in [0, 0.05) is 31.6 Å². The number of likely N-dealkylation sites (tertiary alicyclic amines) is 1. The fraction of sp³-hybridized carbons (Fsp3) is 0.750. The van der Waals surface area contributed by atoms with E-state index >= 15 is 0 Å². The third kappa shape index (κ3) is 7.55. The maximum atomic E-state index is 12.5. The highest BCUT2D eigenvalue weighted by molar-refractivity contribution is 14.0. The Morgan fingerprint density at radius 2 is 2.15 bits per heavy atom. The summed E-state index contributed by atoms with van der Waals surface area (Å²) in [6.07, 6.45) is 0.471. The Labute approximate surface area is 173 Å². The summed E-state index contributed by atoms with van der Waals surface area (Å²) >= 11 is 0.993. The summed E-state index contributed by atoms with van der Waals surface area (Å²) in [7, 11) is 1.64. The molecule has 1 atom stereocenters. The maximum Gasteiger partial charge on any atom is 0.434 e. The van der Waals surface area contributed by atoms with Crippen molar-refractivity contribution in [2.75, 3.05) is 26.7 Å². The zero-order valence-electron chi connectivity index (χ0n) is 15.1. The molecule has 0 spiro atoms. The van der Waals surface area contributed by atoms with Gasteiger partial charge < -0.3 is 15.5 Å². The monoisotopic (exact) mass is 505 g/mol. The Kier molecular flexibility index (Phi) is 10.2. The lowest BCUT2D eigenvalue weighted by Crippen LogP contribution is -2.41. The van der Waals surface area contributed by atoms with Crippen LogP contribution in [-0.2, 0) is 12.7 Å². The first-order valence-electron chi connectivity index (χ1n) is 8.60. The van der Waals surface area contributed by atoms with Crippen LogP contribution in [-0.4, -0.2) is 48.6 Å². The first-order chi connectivity index (χ1) is 11.9. The molecule has 1 aromatic heterocycles. The van der Waals surface area contributed by atoms with Gasteiger partial charge in [0.25, 0.3) is 0 Å². The molecule has 0 aromatic carbocycles. The van der Waals surface area contributed by atoms with Crippen molar-refractivity contribution in [1.82, 2.24) is 20.5 Å². The Morgan fingerprint density at radius 1 is 1.38 bits per heavy atom. The Hall–Kier alpha value is -0.620. The molecular weight excluding hydrogens is 478 g/mol. The molecule has 0 saturated carbocycles. The minimum atomic E-state index is -4.39. The number of alkyl halides is 3. The molecule has 0 aliphatic carbocycles. The molecule has 2 rings (SSSR count). The summed E-state index contributed by atoms with van der Waals surface area (Å²) in [4.78, 5) is 10.2. The molecule has 26 heavy (non-hydrogen) atoms. The second-order valence-electron chi connectivity index (χ2n) is 6.21. The predicted octanol–water partition coefficient (Wildman–Crippen LogP) is 3.71. The summed E-state index contributed by atoms with van der Waals surface area (Å²) in [5.41, 5.74) is -0.840. The van der Waals surface area contributed by atoms with Crippen LogP contribution in [0.1, 0.15) is 43.3 Å². The van der Waals surface area contributed by atoms with Crippen LogP contribution in [0.4, 0.5) is 13.2 Å². The topological polar surface area (TPSA) is 52.6 Å². The van der Waals surface area contributed by atoms with Gasteiger partial charge in [-0.3, -0.25) is 4.99 Å². The Bertz CT molecular complexity index is 564. The SMILES string of the molecule is CN=C(NCCCN1CCCCC1C)NCc1nc(C(F)(F)F)cs1.I. The highest BCUT2D eigenvalue weighted by Crippen LogP contribution is 2.29. The van der Waals surface area contributed by atoms with Crippen molar-refractivity contribution in [2.24, 2.45) is 4.99 Å². The van der Waals surface area contributed by atoms with Crippen molar-refractivity contribution in [2.45, 2.75) is 51.4 Å². The van der Waals surface area contributed by atoms with Crippen molar-refractivity contribution < 1.29 is 13.2 Å². The number of guanidine groups is 1. The molecule has 0 bridgehead atoms. The van der Waals surface area contributed by atoms with Crippen LogP contribution in [0.2, 0.25) is 0 Å². The summed E-state index contributed by atoms with van der Waals surface area (Å²) in [6.45, 7) is 5.49. The lowest BCUT2D eigenvalue weighted by molar-refractivity contribution is -0.140. The molecule has 0 radical (unpaired) electrons. The Morgan fingerprint density at radius 3 is 2.77 bits per heavy atom. The average Bonchev–Trinajstić information content (AvgIpc) is 3.05. The van der Waals surface area contributed by atoms with Gasteiger partial charge in [0.05, 0.1) is 6.54 Å². The van der Waals surface area contributed by atoms with Crippen molar-refractivity contribution in [3.05, 3.63) is 16.1 Å². The summed E-state index contributed by atoms with van der Waals surface area (Å²) in [5.74, 6) is 0.579. The minimum absolute atomic E-state index is 0. The van der Waals surface area contributed by atoms with E-state index in [0.717, 1.165) is 36.2 Å². The van der Waals surface area contributed by atoms with Crippen LogP contribution in [0, 0.1) is 0 Å². The first-order valence-corrected chi connectivity index (χ1v) is 9.48. The minimum Gasteiger partial charge on any atom is -0.356 e. The van der Waals surface area contributed by atoms with Crippen LogP contribution in [0.5, 0.6) is 0 Å². The number of thiazole rings is 1. The van der Waals surface area contributed by atoms with Crippen molar-refractivity contribution >= 4 is 41.3 Å². The molecule has 1 saturated heterocycles. The van der Waals surface area contributed by atoms with Crippen molar-refractivity contribution in [3.8, 4) is 0 Å². The third-order valence-electron chi connectivity index (χ3n) is 4.33. The van der Waals surface area contributed by atoms with Gasteiger partial charge >= 0.3 is 6.18 Å². The standard InChI is InChI=1S/C16H26F3N5S.HI/c1-12-6-3-4-8-24(12)9-5-7-21-15(20-2)22-10-14-23-13(11-25-14)16(17,18)19;/h11-12H,3-10H2,1-2H3,(H2,20,21,22);1H. The first kappa shape index (κ1) is 23.4. The van der Waals surface area contributed by atoms with Crippen LogP contribution in [0.3, 0.4) is 0 Å². The van der Waals surface area contributed by atoms with E-state index < -0.39 is 11.9 Å². The molecule has 5 nitrogen and oxygen atoms in total. The number of aromatic nitrogens is 1. The number of aliphatic imine (C=N–C) groups is 1. The zero-order valence-corrected chi connectivity index (χ0v) is 18.3. The molecule has 0 amide bonds. The van der Waals surface area contributed by atoms with Gasteiger partial charge in [0.2, 0.25) is 0 Å². The van der Waals surface area contributed by atoms with Crippen LogP contribution >= 0.6 is 35.3 Å². The summed E-state index contributed by atoms with van der Waals surface area (Å²) < 4.78 is 37.6. The second kappa shape index (κ2) is 11.3. The lowest BCUT2D eigenvalue weighted by atomic mass is 10.0. The van der Waals surface area contributed by atoms with E-state index in [9.17, 15) is 13.2 Å². The molecule has 2 heterocycles. The molecule has 2 N–H and O–H groups in total. The van der Waals surface area contributed by atoms with E-state index in [2.05, 4.69) is 32.4 Å². The van der Waals surface area contributed by atoms with Gasteiger partial charge in [-0.1, -0.05) is 6.42 Å². The largest absolute Gasteiger partial charge is 0.434 e. The van der Waals surface area contributed by atoms with E-state index in [-0.39, 0.29) is 30.5 Å². The van der Waals surface area contributed by atoms with Gasteiger partial charge in [0.15, 0.2) is 11.7 Å². The van der Waals surface area contributed by atoms with E-state index in [4.69, 9.17) is 0 Å². The zero-order chi connectivity index (χ0) is 18.3. The number of hydrogen-bond acceptors (Lipinski definition) is 4. The number of nitrogens with one attached hydrogen (secondary N) is 2. The van der Waals surface area contributed by atoms with E-state index in [1.54, 1.807) is 7.05 Å². The molecule has 1 fully saturated rings. The second-order valence-corrected chi connectivity index (χ2v) is 7.15. The van der Waals surface area contributed by atoms with Gasteiger partial charge in [0.1, 0.15) is 5.01 Å². The number of rotatable bonds is 6. The number of halogens is 4. The molecular formula is C16H27F3IN5S. The van der Waals surface area contributed by atoms with Crippen LogP contribution in [0.25, 0.3) is 0 Å². The van der Waals surface area contributed by atoms with Gasteiger partial charge in [-0.15, -0.1) is 35.3 Å². The Balaban J connectivity index is 0.00000338. The molecule has 1 aromatic rings. The van der Waals surface area contributed by atoms with Crippen LogP contribution in [0.15, 0.2) is 10.4 Å². The van der Waals surface area contributed by atoms with E-state index in [1.165, 1.54) is 25.8 Å². The lowest BCUT2D eigenvalue weighted by Gasteiger charge is -2.33. The average molecular weight is 505 g/mol. The quantitative estimate of drug-likeness (QED) is 0.268. The predicted molar refractivity (Wildman–Crippen MR) is 110 cm³/mol. The highest BCUT2D eigenvalue weighted by Gasteiger charge is 2.33. The summed E-state index contributed by atoms with van der Waals surface area (Å²) in [6, 6.07) is 0.652. The fourth-order valence-corrected chi connectivity index (χ4v) is 3.62. The molecule has 10 heteroatoms. The molecule has 1 unspecified atom stereocenters. The fourth-order valence-electron chi connectivity index (χ4n) is 2.88. The van der Waals surface area contributed by atoms with Crippen LogP contribution < -0.4 is 10.6 Å². The number of nitrogens with zero attached hydrogens (tertiary/aromatic N) is 3. The summed E-state index contributed by atoms with van der Waals surface area (Å²) in [5, 5.41) is 7.62. The highest BCUT2D eigenvalue weighted by atomic mass is 127. The van der Waals surface area contributed by atoms with Gasteiger partial charge in [-0.2, -0.15) is 13.2 Å². The molecule has 150 valence electrons. The molecule has 1 aliphatic rings. The van der Waals surface area contributed by atoms with E-state index in [1.807, 2.05) is 0 Å². The van der Waals surface area contributed by atoms with E-state index in [0.29, 0.717) is 17.0 Å². The number of piperidine rings is 1. The third-order valence-corrected chi connectivity index (χ3v) is 5.18. The molecule has 1 aliphatic heterocycles. The van der Waals surface area contributed by atoms with Crippen molar-refractivity contribution in [3.63, 3.8) is 0 Å². The van der Waals surface area contributed by atoms with Crippen molar-refractivity contribution in [1.29, 1.82) is 0 Å². The smallest absolute Gasteiger partial charge is 0.356 e. The number of hydrogen-bond donors (Lipinski definition) is 2.